The lowest BCUT2D eigenvalue weighted by Crippen LogP contribution is -2.37. The largest absolute Gasteiger partial charge is 0.573 e. The Morgan fingerprint density at radius 3 is 2.56 bits per heavy atom. The summed E-state index contributed by atoms with van der Waals surface area (Å²) in [5, 5.41) is 3.22. The molecule has 0 spiro atoms. The minimum absolute atomic E-state index is 0.185. The highest BCUT2D eigenvalue weighted by Crippen LogP contribution is 2.27. The number of carbonyl (C=O) groups excluding carboxylic acids is 1. The van der Waals surface area contributed by atoms with Crippen molar-refractivity contribution in [1.82, 2.24) is 9.97 Å². The lowest BCUT2D eigenvalue weighted by Gasteiger charge is -2.33. The molecule has 0 amide bonds. The van der Waals surface area contributed by atoms with Gasteiger partial charge in [0.1, 0.15) is 17.4 Å². The van der Waals surface area contributed by atoms with Crippen LogP contribution in [0, 0.1) is 5.92 Å². The predicted molar refractivity (Wildman–Crippen MR) is 131 cm³/mol. The van der Waals surface area contributed by atoms with E-state index in [0.717, 1.165) is 24.9 Å². The van der Waals surface area contributed by atoms with E-state index in [1.807, 2.05) is 19.9 Å². The molecule has 36 heavy (non-hydrogen) atoms. The van der Waals surface area contributed by atoms with E-state index in [-0.39, 0.29) is 23.6 Å². The third-order valence-electron chi connectivity index (χ3n) is 5.36. The summed E-state index contributed by atoms with van der Waals surface area (Å²) in [5.74, 6) is 1.03. The van der Waals surface area contributed by atoms with Crippen molar-refractivity contribution in [3.8, 4) is 11.8 Å². The van der Waals surface area contributed by atoms with Crippen molar-refractivity contribution >= 4 is 17.6 Å². The van der Waals surface area contributed by atoms with Gasteiger partial charge in [-0.3, -0.25) is 4.79 Å². The number of aromatic nitrogens is 2. The molecule has 2 aromatic rings. The molecule has 3 rings (SSSR count). The quantitative estimate of drug-likeness (QED) is 0.433. The third-order valence-corrected chi connectivity index (χ3v) is 5.36. The average molecular weight is 513 g/mol. The number of anilines is 2. The predicted octanol–water partition coefficient (Wildman–Crippen LogP) is 5.23. The number of hydrogen-bond donors (Lipinski definition) is 1. The van der Waals surface area contributed by atoms with E-state index in [1.54, 1.807) is 19.1 Å². The maximum atomic E-state index is 12.3. The standard InChI is InChI=1S/C23H29F3N4O4.C2H6/c1-3-33-21(31)13-17-5-4-12-30(15-17)20-14-19(28-22(29-20)32-2)27-11-10-16-6-8-18(9-7-16)34-23(24,25)26;1-2/h6-9,14,17H,3-5,10-13,15H2,1-2H3,(H,27,28,29);1-2H3. The van der Waals surface area contributed by atoms with E-state index in [1.165, 1.54) is 19.2 Å². The van der Waals surface area contributed by atoms with Gasteiger partial charge in [-0.1, -0.05) is 26.0 Å². The summed E-state index contributed by atoms with van der Waals surface area (Å²) < 4.78 is 51.1. The van der Waals surface area contributed by atoms with Crippen molar-refractivity contribution in [3.63, 3.8) is 0 Å². The fourth-order valence-corrected chi connectivity index (χ4v) is 3.84. The van der Waals surface area contributed by atoms with E-state index >= 15 is 0 Å². The van der Waals surface area contributed by atoms with Gasteiger partial charge in [0.25, 0.3) is 0 Å². The molecule has 1 aliphatic rings. The fourth-order valence-electron chi connectivity index (χ4n) is 3.84. The van der Waals surface area contributed by atoms with Gasteiger partial charge in [-0.15, -0.1) is 13.2 Å². The summed E-state index contributed by atoms with van der Waals surface area (Å²) in [6.07, 6.45) is -1.87. The van der Waals surface area contributed by atoms with Crippen LogP contribution in [-0.4, -0.2) is 55.7 Å². The number of carbonyl (C=O) groups is 1. The number of benzene rings is 1. The molecule has 0 aliphatic carbocycles. The SMILES string of the molecule is CC.CCOC(=O)CC1CCCN(c2cc(NCCc3ccc(OC(F)(F)F)cc3)nc(OC)n2)C1. The Kier molecular flexibility index (Phi) is 11.6. The molecule has 1 saturated heterocycles. The van der Waals surface area contributed by atoms with Crippen LogP contribution in [0.1, 0.15) is 45.6 Å². The van der Waals surface area contributed by atoms with Crippen LogP contribution in [0.15, 0.2) is 30.3 Å². The van der Waals surface area contributed by atoms with Crippen molar-refractivity contribution in [2.75, 3.05) is 43.6 Å². The Morgan fingerprint density at radius 1 is 1.19 bits per heavy atom. The van der Waals surface area contributed by atoms with Crippen LogP contribution in [0.25, 0.3) is 0 Å². The minimum Gasteiger partial charge on any atom is -0.467 e. The minimum atomic E-state index is -4.71. The number of halogens is 3. The molecule has 0 bridgehead atoms. The van der Waals surface area contributed by atoms with Crippen molar-refractivity contribution < 1.29 is 32.2 Å². The third kappa shape index (κ3) is 9.79. The zero-order valence-corrected chi connectivity index (χ0v) is 21.2. The van der Waals surface area contributed by atoms with E-state index in [9.17, 15) is 18.0 Å². The second kappa shape index (κ2) is 14.4. The molecule has 1 aromatic carbocycles. The number of piperidine rings is 1. The van der Waals surface area contributed by atoms with Crippen molar-refractivity contribution in [3.05, 3.63) is 35.9 Å². The zero-order valence-electron chi connectivity index (χ0n) is 21.2. The van der Waals surface area contributed by atoms with Crippen LogP contribution in [0.4, 0.5) is 24.8 Å². The molecular weight excluding hydrogens is 477 g/mol. The molecule has 0 radical (unpaired) electrons. The molecule has 1 aliphatic heterocycles. The smallest absolute Gasteiger partial charge is 0.467 e. The topological polar surface area (TPSA) is 85.8 Å². The molecule has 11 heteroatoms. The Labute approximate surface area is 210 Å². The number of hydrogen-bond acceptors (Lipinski definition) is 8. The summed E-state index contributed by atoms with van der Waals surface area (Å²) in [7, 11) is 1.49. The molecule has 1 unspecified atom stereocenters. The van der Waals surface area contributed by atoms with Gasteiger partial charge in [0.05, 0.1) is 20.1 Å². The van der Waals surface area contributed by atoms with Gasteiger partial charge in [-0.25, -0.2) is 0 Å². The highest BCUT2D eigenvalue weighted by atomic mass is 19.4. The monoisotopic (exact) mass is 512 g/mol. The molecule has 1 fully saturated rings. The number of alkyl halides is 3. The number of esters is 1. The lowest BCUT2D eigenvalue weighted by molar-refractivity contribution is -0.274. The van der Waals surface area contributed by atoms with E-state index in [0.29, 0.717) is 44.2 Å². The normalized spacial score (nSPS) is 15.4. The Bertz CT molecular complexity index is 942. The second-order valence-electron chi connectivity index (χ2n) is 7.93. The lowest BCUT2D eigenvalue weighted by atomic mass is 9.95. The first-order valence-corrected chi connectivity index (χ1v) is 12.2. The van der Waals surface area contributed by atoms with Crippen molar-refractivity contribution in [2.24, 2.45) is 5.92 Å². The maximum absolute atomic E-state index is 12.3. The first-order chi connectivity index (χ1) is 17.3. The summed E-state index contributed by atoms with van der Waals surface area (Å²) in [6, 6.07) is 7.81. The second-order valence-corrected chi connectivity index (χ2v) is 7.93. The van der Waals surface area contributed by atoms with Gasteiger partial charge >= 0.3 is 18.3 Å². The number of rotatable bonds is 10. The van der Waals surface area contributed by atoms with Crippen molar-refractivity contribution in [1.29, 1.82) is 0 Å². The van der Waals surface area contributed by atoms with Gasteiger partial charge in [0.15, 0.2) is 0 Å². The van der Waals surface area contributed by atoms with Crippen LogP contribution in [0.2, 0.25) is 0 Å². The highest BCUT2D eigenvalue weighted by Gasteiger charge is 2.31. The van der Waals surface area contributed by atoms with Gasteiger partial charge in [-0.2, -0.15) is 9.97 Å². The van der Waals surface area contributed by atoms with Gasteiger partial charge in [0.2, 0.25) is 0 Å². The van der Waals surface area contributed by atoms with E-state index < -0.39 is 6.36 Å². The van der Waals surface area contributed by atoms with Gasteiger partial charge < -0.3 is 24.4 Å². The zero-order chi connectivity index (χ0) is 26.6. The number of ether oxygens (including phenoxy) is 3. The van der Waals surface area contributed by atoms with Gasteiger partial charge in [0, 0.05) is 25.7 Å². The summed E-state index contributed by atoms with van der Waals surface area (Å²) >= 11 is 0. The molecule has 0 saturated carbocycles. The van der Waals surface area contributed by atoms with Crippen LogP contribution in [0.5, 0.6) is 11.8 Å². The first kappa shape index (κ1) is 29.0. The number of nitrogens with one attached hydrogen (secondary N) is 1. The highest BCUT2D eigenvalue weighted by molar-refractivity contribution is 5.69. The molecule has 2 heterocycles. The molecular formula is C25H35F3N4O4. The Balaban J connectivity index is 0.00000222. The molecule has 1 atom stereocenters. The summed E-state index contributed by atoms with van der Waals surface area (Å²) in [6.45, 7) is 8.17. The number of nitrogens with zero attached hydrogens (tertiary/aromatic N) is 3. The van der Waals surface area contributed by atoms with Gasteiger partial charge in [-0.05, 0) is 49.8 Å². The molecule has 1 N–H and O–H groups in total. The maximum Gasteiger partial charge on any atom is 0.573 e. The Hall–Kier alpha value is -3.24. The Morgan fingerprint density at radius 2 is 1.92 bits per heavy atom. The molecule has 1 aromatic heterocycles. The molecule has 200 valence electrons. The van der Waals surface area contributed by atoms with Crippen LogP contribution in [0.3, 0.4) is 0 Å². The van der Waals surface area contributed by atoms with E-state index in [2.05, 4.69) is 24.9 Å². The summed E-state index contributed by atoms with van der Waals surface area (Å²) in [5.41, 5.74) is 0.848. The fraction of sp³-hybridized carbons (Fsp3) is 0.560. The first-order valence-electron chi connectivity index (χ1n) is 12.2. The number of methoxy groups -OCH3 is 1. The van der Waals surface area contributed by atoms with Crippen LogP contribution < -0.4 is 19.7 Å². The van der Waals surface area contributed by atoms with Crippen molar-refractivity contribution in [2.45, 2.75) is 52.8 Å². The van der Waals surface area contributed by atoms with Crippen LogP contribution >= 0.6 is 0 Å². The average Bonchev–Trinajstić information content (AvgIpc) is 2.85. The molecule has 8 nitrogen and oxygen atoms in total. The summed E-state index contributed by atoms with van der Waals surface area (Å²) in [4.78, 5) is 22.8. The van der Waals surface area contributed by atoms with E-state index in [4.69, 9.17) is 9.47 Å². The van der Waals surface area contributed by atoms with Crippen LogP contribution in [-0.2, 0) is 16.0 Å².